The van der Waals surface area contributed by atoms with Gasteiger partial charge in [0, 0.05) is 38.3 Å². The van der Waals surface area contributed by atoms with E-state index in [1.807, 2.05) is 13.1 Å². The topological polar surface area (TPSA) is 85.0 Å². The Labute approximate surface area is 203 Å². The van der Waals surface area contributed by atoms with Crippen molar-refractivity contribution in [3.63, 3.8) is 0 Å². The third-order valence-electron chi connectivity index (χ3n) is 6.69. The number of rotatable bonds is 4. The van der Waals surface area contributed by atoms with Gasteiger partial charge in [-0.25, -0.2) is 4.98 Å². The Morgan fingerprint density at radius 1 is 1.03 bits per heavy atom. The predicted octanol–water partition coefficient (Wildman–Crippen LogP) is 3.67. The number of carbonyl (C=O) groups is 1. The van der Waals surface area contributed by atoms with Crippen molar-refractivity contribution in [2.24, 2.45) is 14.1 Å². The van der Waals surface area contributed by atoms with Crippen LogP contribution in [0.2, 0.25) is 0 Å². The van der Waals surface area contributed by atoms with E-state index >= 15 is 0 Å². The van der Waals surface area contributed by atoms with Gasteiger partial charge in [-0.2, -0.15) is 18.3 Å². The first-order valence-corrected chi connectivity index (χ1v) is 11.4. The van der Waals surface area contributed by atoms with Crippen LogP contribution in [0.5, 0.6) is 0 Å². The van der Waals surface area contributed by atoms with Crippen LogP contribution in [-0.2, 0) is 26.8 Å². The van der Waals surface area contributed by atoms with Crippen molar-refractivity contribution in [2.75, 3.05) is 22.9 Å². The first-order chi connectivity index (χ1) is 17.2. The van der Waals surface area contributed by atoms with Crippen LogP contribution in [0.15, 0.2) is 42.9 Å². The van der Waals surface area contributed by atoms with Crippen molar-refractivity contribution in [2.45, 2.75) is 19.1 Å². The molecule has 12 heteroatoms. The lowest BCUT2D eigenvalue weighted by Gasteiger charge is -2.33. The molecule has 1 aromatic carbocycles. The minimum Gasteiger partial charge on any atom is -0.356 e. The highest BCUT2D eigenvalue weighted by atomic mass is 19.4. The van der Waals surface area contributed by atoms with E-state index in [2.05, 4.69) is 20.2 Å². The van der Waals surface area contributed by atoms with Crippen molar-refractivity contribution in [1.29, 1.82) is 0 Å². The zero-order valence-electron chi connectivity index (χ0n) is 19.5. The molecule has 0 N–H and O–H groups in total. The maximum absolute atomic E-state index is 13.7. The number of hydrogen-bond acceptors (Lipinski definition) is 6. The minimum atomic E-state index is -4.56. The molecule has 1 fully saturated rings. The summed E-state index contributed by atoms with van der Waals surface area (Å²) < 4.78 is 44.4. The second-order valence-corrected chi connectivity index (χ2v) is 8.93. The molecule has 2 aliphatic heterocycles. The molecule has 4 aromatic rings. The van der Waals surface area contributed by atoms with E-state index in [-0.39, 0.29) is 23.5 Å². The number of fused-ring (bicyclic) bond motifs is 1. The minimum absolute atomic E-state index is 0.0342. The fourth-order valence-corrected chi connectivity index (χ4v) is 4.74. The average Bonchev–Trinajstić information content (AvgIpc) is 3.48. The zero-order chi connectivity index (χ0) is 25.2. The third kappa shape index (κ3) is 3.43. The van der Waals surface area contributed by atoms with Crippen molar-refractivity contribution in [3.8, 4) is 22.6 Å². The number of carbonyl (C=O) groups excluding carboxylic acids is 1. The lowest BCUT2D eigenvalue weighted by molar-refractivity contribution is -0.138. The van der Waals surface area contributed by atoms with Gasteiger partial charge in [-0.3, -0.25) is 14.4 Å². The number of amides is 1. The number of nitrogens with zero attached hydrogens (tertiary/aromatic N) is 8. The van der Waals surface area contributed by atoms with Gasteiger partial charge in [0.15, 0.2) is 5.82 Å². The van der Waals surface area contributed by atoms with Gasteiger partial charge in [0.05, 0.1) is 29.6 Å². The summed E-state index contributed by atoms with van der Waals surface area (Å²) >= 11 is 0. The van der Waals surface area contributed by atoms with Gasteiger partial charge in [-0.15, -0.1) is 10.2 Å². The highest BCUT2D eigenvalue weighted by Crippen LogP contribution is 2.40. The Kier molecular flexibility index (Phi) is 4.88. The van der Waals surface area contributed by atoms with Crippen LogP contribution < -0.4 is 9.80 Å². The Hall–Kier alpha value is -4.22. The number of hydrogen-bond donors (Lipinski definition) is 0. The van der Waals surface area contributed by atoms with Gasteiger partial charge >= 0.3 is 6.18 Å². The van der Waals surface area contributed by atoms with E-state index in [1.54, 1.807) is 34.9 Å². The third-order valence-corrected chi connectivity index (χ3v) is 6.69. The molecule has 0 bridgehead atoms. The molecule has 0 saturated carbocycles. The summed E-state index contributed by atoms with van der Waals surface area (Å²) in [6.07, 6.45) is -0.261. The normalized spacial score (nSPS) is 15.4. The van der Waals surface area contributed by atoms with E-state index in [0.29, 0.717) is 11.6 Å². The fraction of sp³-hybridized carbons (Fsp3) is 0.292. The van der Waals surface area contributed by atoms with Gasteiger partial charge in [-0.1, -0.05) is 6.07 Å². The fourth-order valence-electron chi connectivity index (χ4n) is 4.74. The van der Waals surface area contributed by atoms with E-state index in [9.17, 15) is 18.0 Å². The molecule has 36 heavy (non-hydrogen) atoms. The second kappa shape index (κ2) is 7.90. The summed E-state index contributed by atoms with van der Waals surface area (Å²) in [6.45, 7) is 1.41. The molecule has 184 valence electrons. The van der Waals surface area contributed by atoms with Gasteiger partial charge in [-0.05, 0) is 36.2 Å². The van der Waals surface area contributed by atoms with Crippen molar-refractivity contribution in [1.82, 2.24) is 29.5 Å². The monoisotopic (exact) mass is 494 g/mol. The summed E-state index contributed by atoms with van der Waals surface area (Å²) in [4.78, 5) is 21.3. The summed E-state index contributed by atoms with van der Waals surface area (Å²) in [6, 6.07) is 7.33. The van der Waals surface area contributed by atoms with Crippen molar-refractivity contribution >= 4 is 17.5 Å². The molecule has 5 heterocycles. The van der Waals surface area contributed by atoms with E-state index < -0.39 is 17.6 Å². The maximum Gasteiger partial charge on any atom is 0.416 e. The molecule has 0 spiro atoms. The van der Waals surface area contributed by atoms with Crippen LogP contribution in [0, 0.1) is 0 Å². The first kappa shape index (κ1) is 22.3. The molecule has 0 unspecified atom stereocenters. The number of alkyl halides is 3. The number of benzene rings is 1. The first-order valence-electron chi connectivity index (χ1n) is 11.4. The van der Waals surface area contributed by atoms with Crippen LogP contribution in [0.25, 0.3) is 22.6 Å². The molecular weight excluding hydrogens is 473 g/mol. The number of halogens is 3. The number of pyridine rings is 1. The molecule has 0 atom stereocenters. The molecule has 3 aromatic heterocycles. The standard InChI is InChI=1S/C24H21F3N8O/c1-32-13-28-31-22(32)16-11-29-33(2)21(16)14-9-19(34-7-4-8-34)30-20(10-14)35-12-17-15(23(35)36)5-3-6-18(17)24(25,26)27/h3,5-6,9-11,13H,4,7-8,12H2,1-2H3. The lowest BCUT2D eigenvalue weighted by Crippen LogP contribution is -2.38. The second-order valence-electron chi connectivity index (χ2n) is 8.93. The van der Waals surface area contributed by atoms with E-state index in [4.69, 9.17) is 4.98 Å². The van der Waals surface area contributed by atoms with Crippen molar-refractivity contribution in [3.05, 3.63) is 59.5 Å². The molecular formula is C24H21F3N8O. The summed E-state index contributed by atoms with van der Waals surface area (Å²) in [5.41, 5.74) is 1.40. The van der Waals surface area contributed by atoms with E-state index in [0.717, 1.165) is 42.4 Å². The smallest absolute Gasteiger partial charge is 0.356 e. The average molecular weight is 494 g/mol. The van der Waals surface area contributed by atoms with Gasteiger partial charge in [0.25, 0.3) is 5.91 Å². The molecule has 0 radical (unpaired) electrons. The Morgan fingerprint density at radius 3 is 2.47 bits per heavy atom. The number of aryl methyl sites for hydroxylation is 2. The van der Waals surface area contributed by atoms with Crippen LogP contribution in [0.3, 0.4) is 0 Å². The van der Waals surface area contributed by atoms with E-state index in [1.165, 1.54) is 17.0 Å². The lowest BCUT2D eigenvalue weighted by atomic mass is 10.0. The molecule has 1 saturated heterocycles. The quantitative estimate of drug-likeness (QED) is 0.431. The molecule has 0 aliphatic carbocycles. The maximum atomic E-state index is 13.7. The van der Waals surface area contributed by atoms with Gasteiger partial charge in [0.1, 0.15) is 18.0 Å². The molecule has 9 nitrogen and oxygen atoms in total. The Morgan fingerprint density at radius 2 is 1.81 bits per heavy atom. The van der Waals surface area contributed by atoms with Gasteiger partial charge < -0.3 is 9.47 Å². The van der Waals surface area contributed by atoms with Crippen LogP contribution in [0.4, 0.5) is 24.8 Å². The van der Waals surface area contributed by atoms with Crippen LogP contribution in [0.1, 0.15) is 27.9 Å². The number of aromatic nitrogens is 6. The molecule has 6 rings (SSSR count). The zero-order valence-corrected chi connectivity index (χ0v) is 19.5. The van der Waals surface area contributed by atoms with Gasteiger partial charge in [0.2, 0.25) is 0 Å². The predicted molar refractivity (Wildman–Crippen MR) is 125 cm³/mol. The largest absolute Gasteiger partial charge is 0.416 e. The highest BCUT2D eigenvalue weighted by molar-refractivity contribution is 6.10. The summed E-state index contributed by atoms with van der Waals surface area (Å²) in [5.74, 6) is 1.04. The van der Waals surface area contributed by atoms with Crippen LogP contribution >= 0.6 is 0 Å². The number of anilines is 2. The van der Waals surface area contributed by atoms with Crippen molar-refractivity contribution < 1.29 is 18.0 Å². The summed E-state index contributed by atoms with van der Waals surface area (Å²) in [7, 11) is 3.62. The SMILES string of the molecule is Cn1cnnc1-c1cnn(C)c1-c1cc(N2CCC2)nc(N2Cc3c(cccc3C(F)(F)F)C2=O)c1. The Bertz CT molecular complexity index is 1500. The molecule has 1 amide bonds. The highest BCUT2D eigenvalue weighted by Gasteiger charge is 2.40. The summed E-state index contributed by atoms with van der Waals surface area (Å²) in [5, 5.41) is 12.6. The Balaban J connectivity index is 1.49. The molecule has 2 aliphatic rings. The van der Waals surface area contributed by atoms with Crippen LogP contribution in [-0.4, -0.2) is 48.5 Å².